The number of amides is 2. The molecule has 8 heteroatoms. The van der Waals surface area contributed by atoms with Gasteiger partial charge in [0.05, 0.1) is 13.3 Å². The Balaban J connectivity index is 1.51. The molecule has 0 aliphatic heterocycles. The first-order chi connectivity index (χ1) is 16.3. The lowest BCUT2D eigenvalue weighted by Crippen LogP contribution is -2.24. The maximum atomic E-state index is 12.1. The van der Waals surface area contributed by atoms with Gasteiger partial charge in [-0.05, 0) is 60.9 Å². The van der Waals surface area contributed by atoms with Gasteiger partial charge in [-0.1, -0.05) is 47.5 Å². The fourth-order valence-corrected chi connectivity index (χ4v) is 3.27. The van der Waals surface area contributed by atoms with Crippen molar-refractivity contribution in [2.24, 2.45) is 5.10 Å². The fraction of sp³-hybridized carbons (Fsp3) is 0.192. The summed E-state index contributed by atoms with van der Waals surface area (Å²) in [6, 6.07) is 18.5. The molecule has 0 atom stereocenters. The first kappa shape index (κ1) is 24.8. The van der Waals surface area contributed by atoms with Crippen LogP contribution in [-0.2, 0) is 16.2 Å². The Kier molecular flexibility index (Phi) is 8.65. The number of hydrogen-bond donors (Lipinski definition) is 2. The van der Waals surface area contributed by atoms with Gasteiger partial charge in [-0.2, -0.15) is 5.10 Å². The fourth-order valence-electron chi connectivity index (χ4n) is 3.09. The van der Waals surface area contributed by atoms with Crippen LogP contribution in [0.25, 0.3) is 0 Å². The number of carbonyl (C=O) groups is 2. The number of halogens is 1. The number of methoxy groups -OCH3 is 1. The molecule has 2 N–H and O–H groups in total. The Bertz CT molecular complexity index is 1210. The molecule has 0 radical (unpaired) electrons. The smallest absolute Gasteiger partial charge is 0.249 e. The maximum absolute atomic E-state index is 12.1. The summed E-state index contributed by atoms with van der Waals surface area (Å²) >= 11 is 6.05. The third-order valence-corrected chi connectivity index (χ3v) is 5.25. The highest BCUT2D eigenvalue weighted by atomic mass is 35.5. The summed E-state index contributed by atoms with van der Waals surface area (Å²) in [5.41, 5.74) is 6.68. The number of aryl methyl sites for hydroxylation is 2. The maximum Gasteiger partial charge on any atom is 0.249 e. The molecule has 0 unspecified atom stereocenters. The number of nitrogens with one attached hydrogen (secondary N) is 2. The number of anilines is 1. The van der Waals surface area contributed by atoms with Crippen LogP contribution in [0.5, 0.6) is 11.5 Å². The number of ether oxygens (including phenoxy) is 2. The molecule has 34 heavy (non-hydrogen) atoms. The monoisotopic (exact) mass is 479 g/mol. The van der Waals surface area contributed by atoms with Gasteiger partial charge in [-0.15, -0.1) is 0 Å². The second-order valence-corrected chi connectivity index (χ2v) is 8.08. The van der Waals surface area contributed by atoms with E-state index in [1.807, 2.05) is 32.0 Å². The Morgan fingerprint density at radius 1 is 1.00 bits per heavy atom. The molecule has 2 amide bonds. The molecule has 0 fully saturated rings. The molecule has 0 bridgehead atoms. The van der Waals surface area contributed by atoms with E-state index in [9.17, 15) is 9.59 Å². The van der Waals surface area contributed by atoms with E-state index in [0.29, 0.717) is 34.4 Å². The second-order valence-electron chi connectivity index (χ2n) is 7.67. The predicted octanol–water partition coefficient (Wildman–Crippen LogP) is 5.02. The van der Waals surface area contributed by atoms with Crippen LogP contribution in [0.1, 0.15) is 28.7 Å². The number of nitrogens with zero attached hydrogens (tertiary/aromatic N) is 1. The van der Waals surface area contributed by atoms with Crippen molar-refractivity contribution in [3.8, 4) is 11.5 Å². The highest BCUT2D eigenvalue weighted by molar-refractivity contribution is 6.31. The molecule has 3 aromatic carbocycles. The summed E-state index contributed by atoms with van der Waals surface area (Å²) < 4.78 is 11.3. The zero-order valence-electron chi connectivity index (χ0n) is 19.2. The van der Waals surface area contributed by atoms with Gasteiger partial charge >= 0.3 is 0 Å². The summed E-state index contributed by atoms with van der Waals surface area (Å²) in [6.45, 7) is 4.31. The molecule has 176 valence electrons. The van der Waals surface area contributed by atoms with Gasteiger partial charge in [-0.25, -0.2) is 5.43 Å². The standard InChI is InChI=1S/C26H26ClN3O4/c1-17-5-4-6-20(11-17)16-34-23-10-8-19(12-24(23)33-3)15-28-30-26(32)14-25(31)29-21-9-7-18(2)22(27)13-21/h4-13,15H,14,16H2,1-3H3,(H,29,31)(H,30,32). The minimum absolute atomic E-state index is 0.377. The zero-order valence-corrected chi connectivity index (χ0v) is 20.0. The lowest BCUT2D eigenvalue weighted by molar-refractivity contribution is -0.126. The second kappa shape index (κ2) is 11.9. The van der Waals surface area contributed by atoms with Crippen molar-refractivity contribution in [2.45, 2.75) is 26.9 Å². The van der Waals surface area contributed by atoms with Crippen LogP contribution in [0.3, 0.4) is 0 Å². The minimum Gasteiger partial charge on any atom is -0.493 e. The summed E-state index contributed by atoms with van der Waals surface area (Å²) in [6.07, 6.45) is 1.08. The van der Waals surface area contributed by atoms with Crippen LogP contribution in [0.15, 0.2) is 65.8 Å². The lowest BCUT2D eigenvalue weighted by Gasteiger charge is -2.11. The van der Waals surface area contributed by atoms with Gasteiger partial charge in [0.2, 0.25) is 11.8 Å². The largest absolute Gasteiger partial charge is 0.493 e. The quantitative estimate of drug-likeness (QED) is 0.256. The van der Waals surface area contributed by atoms with Gasteiger partial charge in [0.25, 0.3) is 0 Å². The first-order valence-corrected chi connectivity index (χ1v) is 11.0. The van der Waals surface area contributed by atoms with Crippen molar-refractivity contribution >= 4 is 35.3 Å². The topological polar surface area (TPSA) is 89.0 Å². The molecule has 3 rings (SSSR count). The first-order valence-electron chi connectivity index (χ1n) is 10.6. The Hall–Kier alpha value is -3.84. The third kappa shape index (κ3) is 7.35. The van der Waals surface area contributed by atoms with E-state index in [1.165, 1.54) is 11.8 Å². The van der Waals surface area contributed by atoms with Crippen molar-refractivity contribution in [1.29, 1.82) is 0 Å². The highest BCUT2D eigenvalue weighted by Crippen LogP contribution is 2.28. The van der Waals surface area contributed by atoms with Crippen LogP contribution < -0.4 is 20.2 Å². The van der Waals surface area contributed by atoms with Gasteiger partial charge in [0.15, 0.2) is 11.5 Å². The average Bonchev–Trinajstić information content (AvgIpc) is 2.80. The van der Waals surface area contributed by atoms with Crippen LogP contribution in [0, 0.1) is 13.8 Å². The highest BCUT2D eigenvalue weighted by Gasteiger charge is 2.10. The van der Waals surface area contributed by atoms with Crippen LogP contribution in [-0.4, -0.2) is 25.1 Å². The van der Waals surface area contributed by atoms with E-state index >= 15 is 0 Å². The SMILES string of the molecule is COc1cc(C=NNC(=O)CC(=O)Nc2ccc(C)c(Cl)c2)ccc1OCc1cccc(C)c1. The summed E-state index contributed by atoms with van der Waals surface area (Å²) in [5.74, 6) is 0.124. The van der Waals surface area contributed by atoms with E-state index in [4.69, 9.17) is 21.1 Å². The van der Waals surface area contributed by atoms with Crippen molar-refractivity contribution in [3.63, 3.8) is 0 Å². The minimum atomic E-state index is -0.544. The molecule has 0 aromatic heterocycles. The molecule has 7 nitrogen and oxygen atoms in total. The summed E-state index contributed by atoms with van der Waals surface area (Å²) in [7, 11) is 1.55. The van der Waals surface area contributed by atoms with E-state index < -0.39 is 11.8 Å². The van der Waals surface area contributed by atoms with Gasteiger partial charge in [0, 0.05) is 10.7 Å². The molecular formula is C26H26ClN3O4. The van der Waals surface area contributed by atoms with Crippen LogP contribution in [0.4, 0.5) is 5.69 Å². The van der Waals surface area contributed by atoms with Crippen LogP contribution >= 0.6 is 11.6 Å². The molecule has 0 aliphatic rings. The molecule has 0 aliphatic carbocycles. The number of hydrazone groups is 1. The molecule has 0 saturated carbocycles. The predicted molar refractivity (Wildman–Crippen MR) is 134 cm³/mol. The van der Waals surface area contributed by atoms with Gasteiger partial charge in [-0.3, -0.25) is 9.59 Å². The third-order valence-electron chi connectivity index (χ3n) is 4.84. The van der Waals surface area contributed by atoms with Gasteiger partial charge in [0.1, 0.15) is 13.0 Å². The summed E-state index contributed by atoms with van der Waals surface area (Å²) in [4.78, 5) is 24.1. The Morgan fingerprint density at radius 3 is 2.56 bits per heavy atom. The van der Waals surface area contributed by atoms with Gasteiger partial charge < -0.3 is 14.8 Å². The average molecular weight is 480 g/mol. The van der Waals surface area contributed by atoms with E-state index in [-0.39, 0.29) is 6.42 Å². The number of hydrogen-bond acceptors (Lipinski definition) is 5. The van der Waals surface area contributed by atoms with E-state index in [1.54, 1.807) is 43.5 Å². The number of carbonyl (C=O) groups excluding carboxylic acids is 2. The molecule has 0 spiro atoms. The normalized spacial score (nSPS) is 10.7. The number of rotatable bonds is 9. The van der Waals surface area contributed by atoms with Crippen molar-refractivity contribution < 1.29 is 19.1 Å². The van der Waals surface area contributed by atoms with Crippen molar-refractivity contribution in [1.82, 2.24) is 5.43 Å². The summed E-state index contributed by atoms with van der Waals surface area (Å²) in [5, 5.41) is 7.08. The molecule has 0 saturated heterocycles. The Labute approximate surface area is 203 Å². The van der Waals surface area contributed by atoms with E-state index in [2.05, 4.69) is 21.9 Å². The Morgan fingerprint density at radius 2 is 1.82 bits per heavy atom. The number of benzene rings is 3. The van der Waals surface area contributed by atoms with Crippen LogP contribution in [0.2, 0.25) is 5.02 Å². The van der Waals surface area contributed by atoms with E-state index in [0.717, 1.165) is 11.1 Å². The van der Waals surface area contributed by atoms with Crippen molar-refractivity contribution in [2.75, 3.05) is 12.4 Å². The molecular weight excluding hydrogens is 454 g/mol. The zero-order chi connectivity index (χ0) is 24.5. The molecule has 0 heterocycles. The van der Waals surface area contributed by atoms with Crippen molar-refractivity contribution in [3.05, 3.63) is 87.9 Å². The molecule has 3 aromatic rings. The lowest BCUT2D eigenvalue weighted by atomic mass is 10.1.